The summed E-state index contributed by atoms with van der Waals surface area (Å²) in [6, 6.07) is 8.08. The lowest BCUT2D eigenvalue weighted by Gasteiger charge is -2.18. The third-order valence-electron chi connectivity index (χ3n) is 3.30. The molecule has 0 saturated heterocycles. The highest BCUT2D eigenvalue weighted by Gasteiger charge is 2.13. The normalized spacial score (nSPS) is 11.0. The standard InChI is InChI=1S/C15H17N5S/c1-10-9-12-13(18-15(16)19-14(12)21-10)20(2)8-6-11-5-3-4-7-17-11/h3-5,7,9H,6,8H2,1-2H3,(H2,16,18,19). The van der Waals surface area contributed by atoms with Crippen molar-refractivity contribution in [2.45, 2.75) is 13.3 Å². The molecule has 0 aromatic carbocycles. The molecule has 2 N–H and O–H groups in total. The molecule has 0 aliphatic carbocycles. The molecule has 108 valence electrons. The number of aryl methyl sites for hydroxylation is 1. The van der Waals surface area contributed by atoms with Gasteiger partial charge in [0.1, 0.15) is 10.6 Å². The summed E-state index contributed by atoms with van der Waals surface area (Å²) < 4.78 is 0. The van der Waals surface area contributed by atoms with E-state index in [9.17, 15) is 0 Å². The molecule has 3 aromatic heterocycles. The van der Waals surface area contributed by atoms with E-state index < -0.39 is 0 Å². The first kappa shape index (κ1) is 13.8. The van der Waals surface area contributed by atoms with E-state index in [4.69, 9.17) is 5.73 Å². The van der Waals surface area contributed by atoms with Crippen LogP contribution < -0.4 is 10.6 Å². The Morgan fingerprint density at radius 1 is 1.29 bits per heavy atom. The highest BCUT2D eigenvalue weighted by molar-refractivity contribution is 7.18. The lowest BCUT2D eigenvalue weighted by molar-refractivity contribution is 0.842. The van der Waals surface area contributed by atoms with Crippen molar-refractivity contribution in [2.24, 2.45) is 0 Å². The van der Waals surface area contributed by atoms with Crippen LogP contribution in [0.5, 0.6) is 0 Å². The summed E-state index contributed by atoms with van der Waals surface area (Å²) >= 11 is 1.64. The number of fused-ring (bicyclic) bond motifs is 1. The maximum atomic E-state index is 5.82. The number of thiophene rings is 1. The molecule has 3 heterocycles. The van der Waals surface area contributed by atoms with E-state index in [2.05, 4.69) is 32.8 Å². The number of hydrogen-bond donors (Lipinski definition) is 1. The Labute approximate surface area is 127 Å². The smallest absolute Gasteiger partial charge is 0.223 e. The minimum Gasteiger partial charge on any atom is -0.368 e. The molecule has 0 aliphatic rings. The van der Waals surface area contributed by atoms with Gasteiger partial charge in [0.05, 0.1) is 5.39 Å². The van der Waals surface area contributed by atoms with Gasteiger partial charge in [0, 0.05) is 36.8 Å². The Bertz CT molecular complexity index is 753. The molecule has 0 radical (unpaired) electrons. The van der Waals surface area contributed by atoms with Gasteiger partial charge in [-0.15, -0.1) is 11.3 Å². The molecule has 3 aromatic rings. The van der Waals surface area contributed by atoms with E-state index in [1.807, 2.05) is 31.4 Å². The van der Waals surface area contributed by atoms with Crippen LogP contribution in [-0.4, -0.2) is 28.5 Å². The molecule has 0 atom stereocenters. The number of hydrogen-bond acceptors (Lipinski definition) is 6. The average Bonchev–Trinajstić information content (AvgIpc) is 2.85. The quantitative estimate of drug-likeness (QED) is 0.802. The number of nitrogens with zero attached hydrogens (tertiary/aromatic N) is 4. The third-order valence-corrected chi connectivity index (χ3v) is 4.25. The first-order chi connectivity index (χ1) is 10.1. The van der Waals surface area contributed by atoms with Crippen LogP contribution >= 0.6 is 11.3 Å². The fraction of sp³-hybridized carbons (Fsp3) is 0.267. The summed E-state index contributed by atoms with van der Waals surface area (Å²) in [4.78, 5) is 17.3. The van der Waals surface area contributed by atoms with Crippen molar-refractivity contribution in [1.29, 1.82) is 0 Å². The van der Waals surface area contributed by atoms with Crippen LogP contribution in [0.15, 0.2) is 30.5 Å². The molecule has 5 nitrogen and oxygen atoms in total. The Morgan fingerprint density at radius 2 is 2.14 bits per heavy atom. The minimum absolute atomic E-state index is 0.323. The van der Waals surface area contributed by atoms with Crippen molar-refractivity contribution in [2.75, 3.05) is 24.2 Å². The van der Waals surface area contributed by atoms with E-state index in [0.717, 1.165) is 34.7 Å². The van der Waals surface area contributed by atoms with Crippen LogP contribution in [0.4, 0.5) is 11.8 Å². The number of anilines is 2. The van der Waals surface area contributed by atoms with E-state index >= 15 is 0 Å². The summed E-state index contributed by atoms with van der Waals surface area (Å²) in [5.74, 6) is 1.21. The highest BCUT2D eigenvalue weighted by atomic mass is 32.1. The van der Waals surface area contributed by atoms with Gasteiger partial charge in [-0.3, -0.25) is 4.98 Å². The number of pyridine rings is 1. The zero-order valence-corrected chi connectivity index (χ0v) is 12.9. The van der Waals surface area contributed by atoms with Gasteiger partial charge in [0.25, 0.3) is 0 Å². The van der Waals surface area contributed by atoms with E-state index in [-0.39, 0.29) is 0 Å². The molecule has 0 aliphatic heterocycles. The summed E-state index contributed by atoms with van der Waals surface area (Å²) in [5.41, 5.74) is 6.90. The van der Waals surface area contributed by atoms with Crippen LogP contribution in [0.25, 0.3) is 10.2 Å². The Morgan fingerprint density at radius 3 is 2.90 bits per heavy atom. The second-order valence-electron chi connectivity index (χ2n) is 4.97. The number of aromatic nitrogens is 3. The number of nitrogen functional groups attached to an aromatic ring is 1. The molecular weight excluding hydrogens is 282 g/mol. The highest BCUT2D eigenvalue weighted by Crippen LogP contribution is 2.30. The van der Waals surface area contributed by atoms with Gasteiger partial charge in [0.2, 0.25) is 5.95 Å². The first-order valence-electron chi connectivity index (χ1n) is 6.78. The molecule has 3 rings (SSSR count). The predicted octanol–water partition coefficient (Wildman–Crippen LogP) is 2.66. The van der Waals surface area contributed by atoms with Gasteiger partial charge in [-0.25, -0.2) is 4.98 Å². The SMILES string of the molecule is Cc1cc2c(N(C)CCc3ccccn3)nc(N)nc2s1. The van der Waals surface area contributed by atoms with Gasteiger partial charge in [-0.2, -0.15) is 4.98 Å². The van der Waals surface area contributed by atoms with E-state index in [1.54, 1.807) is 11.3 Å². The van der Waals surface area contributed by atoms with E-state index in [0.29, 0.717) is 5.95 Å². The van der Waals surface area contributed by atoms with Crippen LogP contribution in [0.2, 0.25) is 0 Å². The number of likely N-dealkylation sites (N-methyl/N-ethyl adjacent to an activating group) is 1. The van der Waals surface area contributed by atoms with E-state index in [1.165, 1.54) is 4.88 Å². The fourth-order valence-corrected chi connectivity index (χ4v) is 3.15. The summed E-state index contributed by atoms with van der Waals surface area (Å²) in [6.07, 6.45) is 2.68. The Hall–Kier alpha value is -2.21. The molecule has 21 heavy (non-hydrogen) atoms. The van der Waals surface area contributed by atoms with Gasteiger partial charge in [-0.1, -0.05) is 6.07 Å². The van der Waals surface area contributed by atoms with Crippen LogP contribution in [0, 0.1) is 6.92 Å². The van der Waals surface area contributed by atoms with Crippen molar-refractivity contribution in [3.8, 4) is 0 Å². The summed E-state index contributed by atoms with van der Waals surface area (Å²) in [6.45, 7) is 2.90. The molecule has 6 heteroatoms. The molecule has 0 saturated carbocycles. The molecule has 0 spiro atoms. The Balaban J connectivity index is 1.85. The van der Waals surface area contributed by atoms with Crippen molar-refractivity contribution in [1.82, 2.24) is 15.0 Å². The van der Waals surface area contributed by atoms with Crippen LogP contribution in [0.1, 0.15) is 10.6 Å². The lowest BCUT2D eigenvalue weighted by Crippen LogP contribution is -2.22. The van der Waals surface area contributed by atoms with Crippen LogP contribution in [-0.2, 0) is 6.42 Å². The van der Waals surface area contributed by atoms with Crippen molar-refractivity contribution >= 4 is 33.3 Å². The van der Waals surface area contributed by atoms with Crippen molar-refractivity contribution < 1.29 is 0 Å². The molecule has 0 fully saturated rings. The average molecular weight is 299 g/mol. The zero-order valence-electron chi connectivity index (χ0n) is 12.1. The minimum atomic E-state index is 0.323. The predicted molar refractivity (Wildman–Crippen MR) is 87.8 cm³/mol. The van der Waals surface area contributed by atoms with Gasteiger partial charge < -0.3 is 10.6 Å². The maximum Gasteiger partial charge on any atom is 0.223 e. The zero-order chi connectivity index (χ0) is 14.8. The third kappa shape index (κ3) is 2.95. The molecule has 0 bridgehead atoms. The molecule has 0 amide bonds. The second kappa shape index (κ2) is 5.65. The van der Waals surface area contributed by atoms with Gasteiger partial charge >= 0.3 is 0 Å². The van der Waals surface area contributed by atoms with Crippen molar-refractivity contribution in [3.05, 3.63) is 41.0 Å². The van der Waals surface area contributed by atoms with Gasteiger partial charge in [-0.05, 0) is 25.1 Å². The van der Waals surface area contributed by atoms with Crippen LogP contribution in [0.3, 0.4) is 0 Å². The molecule has 0 unspecified atom stereocenters. The Kier molecular flexibility index (Phi) is 3.70. The van der Waals surface area contributed by atoms with Crippen molar-refractivity contribution in [3.63, 3.8) is 0 Å². The number of nitrogens with two attached hydrogens (primary N) is 1. The second-order valence-corrected chi connectivity index (χ2v) is 6.21. The lowest BCUT2D eigenvalue weighted by atomic mass is 10.2. The van der Waals surface area contributed by atoms with Gasteiger partial charge in [0.15, 0.2) is 0 Å². The largest absolute Gasteiger partial charge is 0.368 e. The monoisotopic (exact) mass is 299 g/mol. The topological polar surface area (TPSA) is 67.9 Å². The summed E-state index contributed by atoms with van der Waals surface area (Å²) in [5, 5.41) is 1.07. The maximum absolute atomic E-state index is 5.82. The fourth-order valence-electron chi connectivity index (χ4n) is 2.27. The number of rotatable bonds is 4. The summed E-state index contributed by atoms with van der Waals surface area (Å²) in [7, 11) is 2.02. The first-order valence-corrected chi connectivity index (χ1v) is 7.60. The molecular formula is C15H17N5S.